The van der Waals surface area contributed by atoms with Crippen molar-refractivity contribution in [1.82, 2.24) is 9.47 Å². The van der Waals surface area contributed by atoms with Crippen LogP contribution in [0, 0.1) is 11.3 Å². The topological polar surface area (TPSA) is 107 Å². The van der Waals surface area contributed by atoms with Gasteiger partial charge in [-0.15, -0.1) is 0 Å². The molecule has 0 fully saturated rings. The number of hydrogen-bond acceptors (Lipinski definition) is 3. The summed E-state index contributed by atoms with van der Waals surface area (Å²) >= 11 is 0. The quantitative estimate of drug-likeness (QED) is 0.819. The van der Waals surface area contributed by atoms with E-state index < -0.39 is 41.6 Å². The zero-order chi connectivity index (χ0) is 15.9. The van der Waals surface area contributed by atoms with Crippen molar-refractivity contribution in [3.8, 4) is 6.07 Å². The first-order chi connectivity index (χ1) is 9.68. The molecule has 112 valence electrons. The highest BCUT2D eigenvalue weighted by atomic mass is 19.4. The van der Waals surface area contributed by atoms with Crippen LogP contribution >= 0.6 is 0 Å². The number of fused-ring (bicyclic) bond motifs is 1. The molecule has 1 aromatic rings. The van der Waals surface area contributed by atoms with E-state index in [1.54, 1.807) is 0 Å². The van der Waals surface area contributed by atoms with Crippen molar-refractivity contribution in [2.75, 3.05) is 6.54 Å². The van der Waals surface area contributed by atoms with Gasteiger partial charge in [0.15, 0.2) is 0 Å². The minimum absolute atomic E-state index is 0.218. The van der Waals surface area contributed by atoms with Gasteiger partial charge in [0.05, 0.1) is 17.8 Å². The Balaban J connectivity index is 2.73. The molecule has 0 bridgehead atoms. The monoisotopic (exact) mass is 303 g/mol. The second kappa shape index (κ2) is 4.69. The van der Waals surface area contributed by atoms with Crippen molar-refractivity contribution >= 4 is 12.1 Å². The molecule has 0 radical (unpaired) electrons. The molecule has 0 aliphatic carbocycles. The number of aromatic carboxylic acids is 1. The molecule has 0 saturated heterocycles. The van der Waals surface area contributed by atoms with Gasteiger partial charge in [-0.25, -0.2) is 9.59 Å². The van der Waals surface area contributed by atoms with Crippen LogP contribution in [-0.2, 0) is 19.3 Å². The van der Waals surface area contributed by atoms with Crippen molar-refractivity contribution in [2.45, 2.75) is 19.3 Å². The maximum Gasteiger partial charge on any atom is 0.432 e. The molecule has 2 N–H and O–H groups in total. The number of hydrogen-bond donors (Lipinski definition) is 2. The van der Waals surface area contributed by atoms with Crippen molar-refractivity contribution in [1.29, 1.82) is 5.26 Å². The van der Waals surface area contributed by atoms with Gasteiger partial charge < -0.3 is 19.7 Å². The Labute approximate surface area is 115 Å². The Bertz CT molecular complexity index is 672. The van der Waals surface area contributed by atoms with Gasteiger partial charge in [0.1, 0.15) is 17.3 Å². The molecule has 7 nitrogen and oxygen atoms in total. The van der Waals surface area contributed by atoms with E-state index in [2.05, 4.69) is 0 Å². The highest BCUT2D eigenvalue weighted by molar-refractivity contribution is 5.93. The van der Waals surface area contributed by atoms with E-state index >= 15 is 0 Å². The average Bonchev–Trinajstić information content (AvgIpc) is 2.71. The van der Waals surface area contributed by atoms with Crippen molar-refractivity contribution in [3.63, 3.8) is 0 Å². The zero-order valence-electron chi connectivity index (χ0n) is 10.3. The molecule has 1 aromatic heterocycles. The summed E-state index contributed by atoms with van der Waals surface area (Å²) < 4.78 is 39.9. The third kappa shape index (κ3) is 2.26. The third-order valence-corrected chi connectivity index (χ3v) is 3.17. The van der Waals surface area contributed by atoms with E-state index in [-0.39, 0.29) is 18.8 Å². The van der Waals surface area contributed by atoms with Gasteiger partial charge in [0.25, 0.3) is 0 Å². The molecule has 1 aliphatic rings. The number of nitrogens with zero attached hydrogens (tertiary/aromatic N) is 3. The summed E-state index contributed by atoms with van der Waals surface area (Å²) in [6.07, 6.45) is -6.27. The number of nitriles is 1. The Kier molecular flexibility index (Phi) is 3.29. The average molecular weight is 303 g/mol. The molecule has 10 heteroatoms. The second-order valence-corrected chi connectivity index (χ2v) is 4.32. The molecule has 0 aromatic carbocycles. The molecule has 1 amide bonds. The van der Waals surface area contributed by atoms with Crippen molar-refractivity contribution in [2.24, 2.45) is 0 Å². The maximum absolute atomic E-state index is 13.1. The first-order valence-electron chi connectivity index (χ1n) is 5.62. The van der Waals surface area contributed by atoms with Crippen molar-refractivity contribution < 1.29 is 33.0 Å². The third-order valence-electron chi connectivity index (χ3n) is 3.17. The van der Waals surface area contributed by atoms with E-state index in [1.165, 1.54) is 6.07 Å². The summed E-state index contributed by atoms with van der Waals surface area (Å²) in [5.74, 6) is -1.70. The van der Waals surface area contributed by atoms with Crippen LogP contribution in [0.2, 0.25) is 0 Å². The summed E-state index contributed by atoms with van der Waals surface area (Å²) in [7, 11) is 0. The number of alkyl halides is 3. The highest BCUT2D eigenvalue weighted by Gasteiger charge is 2.44. The molecule has 2 rings (SSSR count). The maximum atomic E-state index is 13.1. The lowest BCUT2D eigenvalue weighted by Crippen LogP contribution is -2.38. The Morgan fingerprint density at radius 3 is 2.29 bits per heavy atom. The summed E-state index contributed by atoms with van der Waals surface area (Å²) in [5.41, 5.74) is -3.46. The van der Waals surface area contributed by atoms with Crippen LogP contribution in [0.5, 0.6) is 0 Å². The second-order valence-electron chi connectivity index (χ2n) is 4.32. The SMILES string of the molecule is N#Cc1c(C(=O)O)c2n(c1C(F)(F)F)CCN(C(=O)O)C2. The lowest BCUT2D eigenvalue weighted by Gasteiger charge is -2.27. The van der Waals surface area contributed by atoms with Crippen molar-refractivity contribution in [3.05, 3.63) is 22.5 Å². The van der Waals surface area contributed by atoms with Crippen LogP contribution in [0.1, 0.15) is 27.3 Å². The van der Waals surface area contributed by atoms with Gasteiger partial charge in [0, 0.05) is 13.1 Å². The minimum atomic E-state index is -4.90. The molecule has 0 unspecified atom stereocenters. The Morgan fingerprint density at radius 2 is 1.86 bits per heavy atom. The number of halogens is 3. The summed E-state index contributed by atoms with van der Waals surface area (Å²) in [6, 6.07) is 1.27. The first kappa shape index (κ1) is 14.7. The molecule has 1 aliphatic heterocycles. The largest absolute Gasteiger partial charge is 0.478 e. The van der Waals surface area contributed by atoms with Crippen LogP contribution in [0.4, 0.5) is 18.0 Å². The fourth-order valence-electron chi connectivity index (χ4n) is 2.36. The normalized spacial score (nSPS) is 14.5. The van der Waals surface area contributed by atoms with Gasteiger partial charge in [-0.1, -0.05) is 0 Å². The molecule has 0 atom stereocenters. The number of carboxylic acids is 1. The number of carbonyl (C=O) groups is 2. The number of amides is 1. The Hall–Kier alpha value is -2.70. The van der Waals surface area contributed by atoms with E-state index in [4.69, 9.17) is 15.5 Å². The molecular weight excluding hydrogens is 295 g/mol. The van der Waals surface area contributed by atoms with Crippen LogP contribution in [-0.4, -0.2) is 38.3 Å². The molecule has 21 heavy (non-hydrogen) atoms. The summed E-state index contributed by atoms with van der Waals surface area (Å²) in [6.45, 7) is -1.09. The van der Waals surface area contributed by atoms with Gasteiger partial charge in [-0.2, -0.15) is 18.4 Å². The van der Waals surface area contributed by atoms with E-state index in [0.29, 0.717) is 4.57 Å². The predicted molar refractivity (Wildman–Crippen MR) is 59.5 cm³/mol. The molecule has 0 spiro atoms. The lowest BCUT2D eigenvalue weighted by molar-refractivity contribution is -0.144. The standard InChI is InChI=1S/C11H8F3N3O4/c12-11(13,14)8-5(3-15)7(9(18)19)6-4-16(10(20)21)1-2-17(6)8/h1-2,4H2,(H,18,19)(H,20,21). The van der Waals surface area contributed by atoms with E-state index in [9.17, 15) is 22.8 Å². The van der Waals surface area contributed by atoms with Crippen LogP contribution < -0.4 is 0 Å². The summed E-state index contributed by atoms with van der Waals surface area (Å²) in [4.78, 5) is 22.9. The molecule has 2 heterocycles. The van der Waals surface area contributed by atoms with Gasteiger partial charge in [-0.05, 0) is 0 Å². The number of carboxylic acid groups (broad SMARTS) is 2. The summed E-state index contributed by atoms with van der Waals surface area (Å²) in [5, 5.41) is 26.8. The smallest absolute Gasteiger partial charge is 0.432 e. The minimum Gasteiger partial charge on any atom is -0.478 e. The number of rotatable bonds is 1. The van der Waals surface area contributed by atoms with Crippen LogP contribution in [0.15, 0.2) is 0 Å². The number of aromatic nitrogens is 1. The van der Waals surface area contributed by atoms with Crippen LogP contribution in [0.25, 0.3) is 0 Å². The Morgan fingerprint density at radius 1 is 1.24 bits per heavy atom. The fourth-order valence-corrected chi connectivity index (χ4v) is 2.36. The van der Waals surface area contributed by atoms with Gasteiger partial charge >= 0.3 is 18.2 Å². The van der Waals surface area contributed by atoms with Gasteiger partial charge in [0.2, 0.25) is 0 Å². The molecular formula is C11H8F3N3O4. The first-order valence-corrected chi connectivity index (χ1v) is 5.62. The fraction of sp³-hybridized carbons (Fsp3) is 0.364. The lowest BCUT2D eigenvalue weighted by atomic mass is 10.1. The van der Waals surface area contributed by atoms with E-state index in [1.807, 2.05) is 0 Å². The zero-order valence-corrected chi connectivity index (χ0v) is 10.3. The highest BCUT2D eigenvalue weighted by Crippen LogP contribution is 2.38. The van der Waals surface area contributed by atoms with Crippen LogP contribution in [0.3, 0.4) is 0 Å². The molecule has 0 saturated carbocycles. The van der Waals surface area contributed by atoms with E-state index in [0.717, 1.165) is 4.90 Å². The van der Waals surface area contributed by atoms with Gasteiger partial charge in [-0.3, -0.25) is 0 Å². The predicted octanol–water partition coefficient (Wildman–Crippen LogP) is 1.57.